The quantitative estimate of drug-likeness (QED) is 0.768. The van der Waals surface area contributed by atoms with Crippen molar-refractivity contribution in [2.24, 2.45) is 4.99 Å². The smallest absolute Gasteiger partial charge is 0.137 e. The van der Waals surface area contributed by atoms with Crippen LogP contribution in [0.15, 0.2) is 78.2 Å². The number of hydrogen-bond acceptors (Lipinski definition) is 4. The second-order valence-corrected chi connectivity index (χ2v) is 6.25. The van der Waals surface area contributed by atoms with Crippen LogP contribution in [0.5, 0.6) is 5.75 Å². The summed E-state index contributed by atoms with van der Waals surface area (Å²) in [5, 5.41) is 12.9. The van der Waals surface area contributed by atoms with Gasteiger partial charge in [0.25, 0.3) is 0 Å². The van der Waals surface area contributed by atoms with Crippen molar-refractivity contribution in [3.8, 4) is 5.75 Å². The van der Waals surface area contributed by atoms with E-state index in [4.69, 9.17) is 0 Å². The van der Waals surface area contributed by atoms with Crippen LogP contribution in [0.25, 0.3) is 16.9 Å². The number of pyridine rings is 1. The average Bonchev–Trinajstić information content (AvgIpc) is 3.07. The molecular weight excluding hydrogens is 324 g/mol. The van der Waals surface area contributed by atoms with Gasteiger partial charge in [-0.25, -0.2) is 4.98 Å². The van der Waals surface area contributed by atoms with Crippen molar-refractivity contribution in [2.45, 2.75) is 0 Å². The SMILES string of the molecule is Oc1ccc(C2=NC=C2c2ccc3ncc(C4=CC=CCN4)n3c2)cc1. The third-order valence-electron chi connectivity index (χ3n) is 4.62. The van der Waals surface area contributed by atoms with Crippen molar-refractivity contribution >= 4 is 22.6 Å². The van der Waals surface area contributed by atoms with Gasteiger partial charge in [0.1, 0.15) is 11.4 Å². The van der Waals surface area contributed by atoms with Gasteiger partial charge < -0.3 is 10.4 Å². The first kappa shape index (κ1) is 14.7. The fourth-order valence-electron chi connectivity index (χ4n) is 3.23. The Labute approximate surface area is 150 Å². The zero-order valence-corrected chi connectivity index (χ0v) is 13.9. The van der Waals surface area contributed by atoms with Crippen molar-refractivity contribution in [1.82, 2.24) is 14.7 Å². The normalized spacial score (nSPS) is 15.8. The molecule has 0 unspecified atom stereocenters. The molecule has 0 saturated carbocycles. The molecule has 126 valence electrons. The van der Waals surface area contributed by atoms with E-state index < -0.39 is 0 Å². The van der Waals surface area contributed by atoms with E-state index in [0.29, 0.717) is 0 Å². The lowest BCUT2D eigenvalue weighted by Crippen LogP contribution is -2.16. The summed E-state index contributed by atoms with van der Waals surface area (Å²) in [6.45, 7) is 0.821. The molecule has 2 aromatic heterocycles. The topological polar surface area (TPSA) is 61.9 Å². The van der Waals surface area contributed by atoms with Crippen LogP contribution >= 0.6 is 0 Å². The van der Waals surface area contributed by atoms with E-state index in [1.807, 2.05) is 30.6 Å². The monoisotopic (exact) mass is 340 g/mol. The Kier molecular flexibility index (Phi) is 3.25. The minimum atomic E-state index is 0.256. The van der Waals surface area contributed by atoms with Gasteiger partial charge in [-0.15, -0.1) is 0 Å². The van der Waals surface area contributed by atoms with E-state index in [9.17, 15) is 5.11 Å². The number of benzene rings is 1. The Bertz CT molecular complexity index is 1130. The molecule has 26 heavy (non-hydrogen) atoms. The number of hydrogen-bond donors (Lipinski definition) is 2. The Morgan fingerprint density at radius 1 is 1.04 bits per heavy atom. The molecule has 2 N–H and O–H groups in total. The lowest BCUT2D eigenvalue weighted by Gasteiger charge is -2.18. The number of aromatic hydroxyl groups is 1. The van der Waals surface area contributed by atoms with Crippen LogP contribution < -0.4 is 5.32 Å². The number of fused-ring (bicyclic) bond motifs is 1. The van der Waals surface area contributed by atoms with Crippen LogP contribution in [0.3, 0.4) is 0 Å². The van der Waals surface area contributed by atoms with E-state index in [2.05, 4.69) is 50.2 Å². The van der Waals surface area contributed by atoms with Gasteiger partial charge in [-0.1, -0.05) is 12.2 Å². The highest BCUT2D eigenvalue weighted by atomic mass is 16.3. The van der Waals surface area contributed by atoms with Crippen LogP contribution in [0.4, 0.5) is 0 Å². The number of aromatic nitrogens is 2. The number of rotatable bonds is 3. The second-order valence-electron chi connectivity index (χ2n) is 6.25. The average molecular weight is 340 g/mol. The lowest BCUT2D eigenvalue weighted by atomic mass is 9.94. The van der Waals surface area contributed by atoms with E-state index in [1.165, 1.54) is 0 Å². The summed E-state index contributed by atoms with van der Waals surface area (Å²) in [7, 11) is 0. The predicted octanol–water partition coefficient (Wildman–Crippen LogP) is 3.38. The third-order valence-corrected chi connectivity index (χ3v) is 4.62. The van der Waals surface area contributed by atoms with Crippen molar-refractivity contribution < 1.29 is 5.11 Å². The molecule has 1 aromatic carbocycles. The minimum absolute atomic E-state index is 0.256. The maximum absolute atomic E-state index is 9.48. The van der Waals surface area contributed by atoms with Crippen LogP contribution in [0, 0.1) is 0 Å². The summed E-state index contributed by atoms with van der Waals surface area (Å²) in [5.41, 5.74) is 7.10. The highest BCUT2D eigenvalue weighted by Crippen LogP contribution is 2.29. The standard InChI is InChI=1S/C21H16N4O/c26-16-7-4-14(5-8-16)21-17(11-24-21)15-6-9-20-23-12-19(25(20)13-15)18-3-1-2-10-22-18/h1-9,11-13,22,26H,10H2. The molecule has 5 heteroatoms. The summed E-state index contributed by atoms with van der Waals surface area (Å²) >= 11 is 0. The van der Waals surface area contributed by atoms with Crippen LogP contribution in [0.2, 0.25) is 0 Å². The van der Waals surface area contributed by atoms with Crippen molar-refractivity contribution in [3.05, 3.63) is 90.0 Å². The number of aliphatic imine (C=N–C) groups is 1. The van der Waals surface area contributed by atoms with Gasteiger partial charge in [0, 0.05) is 35.6 Å². The Morgan fingerprint density at radius 3 is 2.62 bits per heavy atom. The Hall–Kier alpha value is -3.60. The third kappa shape index (κ3) is 2.33. The minimum Gasteiger partial charge on any atom is -0.508 e. The molecule has 0 atom stereocenters. The van der Waals surface area contributed by atoms with Crippen molar-refractivity contribution in [2.75, 3.05) is 6.54 Å². The first-order valence-corrected chi connectivity index (χ1v) is 8.46. The number of nitrogens with zero attached hydrogens (tertiary/aromatic N) is 3. The highest BCUT2D eigenvalue weighted by Gasteiger charge is 2.19. The number of phenols is 1. The second kappa shape index (κ2) is 5.74. The number of allylic oxidation sites excluding steroid dienone is 3. The van der Waals surface area contributed by atoms with E-state index in [1.54, 1.807) is 12.1 Å². The number of phenolic OH excluding ortho intramolecular Hbond substituents is 1. The summed E-state index contributed by atoms with van der Waals surface area (Å²) in [6.07, 6.45) is 12.1. The maximum atomic E-state index is 9.48. The molecule has 5 rings (SSSR count). The first-order chi connectivity index (χ1) is 12.8. The van der Waals surface area contributed by atoms with E-state index in [-0.39, 0.29) is 5.75 Å². The fraction of sp³-hybridized carbons (Fsp3) is 0.0476. The van der Waals surface area contributed by atoms with Gasteiger partial charge in [0.05, 0.1) is 23.3 Å². The Balaban J connectivity index is 1.53. The van der Waals surface area contributed by atoms with Gasteiger partial charge >= 0.3 is 0 Å². The molecule has 0 amide bonds. The van der Waals surface area contributed by atoms with E-state index in [0.717, 1.165) is 46.0 Å². The number of imidazole rings is 1. The first-order valence-electron chi connectivity index (χ1n) is 8.46. The van der Waals surface area contributed by atoms with E-state index >= 15 is 0 Å². The van der Waals surface area contributed by atoms with Gasteiger partial charge in [0.15, 0.2) is 0 Å². The van der Waals surface area contributed by atoms with Crippen molar-refractivity contribution in [3.63, 3.8) is 0 Å². The molecule has 0 aliphatic carbocycles. The van der Waals surface area contributed by atoms with Crippen molar-refractivity contribution in [1.29, 1.82) is 0 Å². The number of nitrogens with one attached hydrogen (secondary N) is 1. The lowest BCUT2D eigenvalue weighted by molar-refractivity contribution is 0.475. The predicted molar refractivity (Wildman–Crippen MR) is 103 cm³/mol. The molecule has 0 fully saturated rings. The largest absolute Gasteiger partial charge is 0.508 e. The molecule has 5 nitrogen and oxygen atoms in total. The van der Waals surface area contributed by atoms with Crippen LogP contribution in [0.1, 0.15) is 16.8 Å². The summed E-state index contributed by atoms with van der Waals surface area (Å²) < 4.78 is 2.10. The van der Waals surface area contributed by atoms with Gasteiger partial charge in [0.2, 0.25) is 0 Å². The van der Waals surface area contributed by atoms with Gasteiger partial charge in [-0.2, -0.15) is 0 Å². The molecule has 0 saturated heterocycles. The molecular formula is C21H16N4O. The fourth-order valence-corrected chi connectivity index (χ4v) is 3.23. The summed E-state index contributed by atoms with van der Waals surface area (Å²) in [4.78, 5) is 8.93. The zero-order chi connectivity index (χ0) is 17.5. The molecule has 0 radical (unpaired) electrons. The summed E-state index contributed by atoms with van der Waals surface area (Å²) in [6, 6.07) is 11.2. The van der Waals surface area contributed by atoms with Gasteiger partial charge in [-0.3, -0.25) is 9.39 Å². The molecule has 2 aliphatic rings. The maximum Gasteiger partial charge on any atom is 0.137 e. The number of dihydropyridines is 1. The molecule has 0 spiro atoms. The van der Waals surface area contributed by atoms with Gasteiger partial charge in [-0.05, 0) is 42.5 Å². The molecule has 0 bridgehead atoms. The molecule has 3 aromatic rings. The highest BCUT2D eigenvalue weighted by molar-refractivity contribution is 6.35. The molecule has 2 aliphatic heterocycles. The Morgan fingerprint density at radius 2 is 1.88 bits per heavy atom. The van der Waals surface area contributed by atoms with Crippen LogP contribution in [-0.4, -0.2) is 26.7 Å². The summed E-state index contributed by atoms with van der Waals surface area (Å²) in [5.74, 6) is 0.256. The molecule has 4 heterocycles. The van der Waals surface area contributed by atoms with Crippen LogP contribution in [-0.2, 0) is 0 Å². The zero-order valence-electron chi connectivity index (χ0n) is 13.9.